The van der Waals surface area contributed by atoms with Crippen LogP contribution in [0.2, 0.25) is 5.02 Å². The highest BCUT2D eigenvalue weighted by Gasteiger charge is 2.17. The summed E-state index contributed by atoms with van der Waals surface area (Å²) in [6, 6.07) is 4.03. The van der Waals surface area contributed by atoms with Gasteiger partial charge in [-0.25, -0.2) is 0 Å². The van der Waals surface area contributed by atoms with Crippen LogP contribution in [0.4, 0.5) is 0 Å². The number of hydrogen-bond acceptors (Lipinski definition) is 3. The lowest BCUT2D eigenvalue weighted by atomic mass is 9.90. The monoisotopic (exact) mass is 283 g/mol. The molecule has 0 radical (unpaired) electrons. The first-order valence-electron chi connectivity index (χ1n) is 6.79. The highest BCUT2D eigenvalue weighted by Crippen LogP contribution is 2.30. The molecule has 0 aliphatic carbocycles. The topological polar surface area (TPSA) is 30.5 Å². The fraction of sp³-hybridized carbons (Fsp3) is 0.600. The van der Waals surface area contributed by atoms with Crippen molar-refractivity contribution in [2.45, 2.75) is 25.9 Å². The van der Waals surface area contributed by atoms with Gasteiger partial charge in [0.15, 0.2) is 0 Å². The second kappa shape index (κ2) is 7.13. The van der Waals surface area contributed by atoms with Gasteiger partial charge in [-0.15, -0.1) is 0 Å². The third-order valence-corrected chi connectivity index (χ3v) is 3.98. The molecule has 106 valence electrons. The smallest absolute Gasteiger partial charge is 0.137 e. The molecule has 1 aliphatic rings. The van der Waals surface area contributed by atoms with Gasteiger partial charge in [0.1, 0.15) is 5.75 Å². The van der Waals surface area contributed by atoms with E-state index in [9.17, 15) is 0 Å². The molecule has 0 saturated carbocycles. The minimum Gasteiger partial charge on any atom is -0.495 e. The lowest BCUT2D eigenvalue weighted by Gasteiger charge is -2.24. The standard InChI is InChI=1S/C15H22ClNO2/c1-18-10-13-8-15(19-2)14(16)7-12(13)6-11-4-3-5-17-9-11/h7-8,11,17H,3-6,9-10H2,1-2H3. The fourth-order valence-corrected chi connectivity index (χ4v) is 2.95. The van der Waals surface area contributed by atoms with E-state index in [4.69, 9.17) is 21.1 Å². The van der Waals surface area contributed by atoms with E-state index >= 15 is 0 Å². The van der Waals surface area contributed by atoms with Crippen molar-refractivity contribution in [3.8, 4) is 5.75 Å². The second-order valence-corrected chi connectivity index (χ2v) is 5.51. The molecule has 1 heterocycles. The van der Waals surface area contributed by atoms with E-state index in [0.29, 0.717) is 17.5 Å². The minimum atomic E-state index is 0.600. The summed E-state index contributed by atoms with van der Waals surface area (Å²) in [5, 5.41) is 4.14. The first-order valence-corrected chi connectivity index (χ1v) is 7.17. The quantitative estimate of drug-likeness (QED) is 0.901. The van der Waals surface area contributed by atoms with Crippen LogP contribution < -0.4 is 10.1 Å². The molecule has 1 aromatic rings. The van der Waals surface area contributed by atoms with Gasteiger partial charge < -0.3 is 14.8 Å². The van der Waals surface area contributed by atoms with E-state index in [1.165, 1.54) is 24.0 Å². The fourth-order valence-electron chi connectivity index (χ4n) is 2.68. The molecule has 0 amide bonds. The third-order valence-electron chi connectivity index (χ3n) is 3.68. The maximum absolute atomic E-state index is 6.24. The van der Waals surface area contributed by atoms with Crippen LogP contribution in [0.5, 0.6) is 5.75 Å². The highest BCUT2D eigenvalue weighted by atomic mass is 35.5. The van der Waals surface area contributed by atoms with Crippen LogP contribution in [0.3, 0.4) is 0 Å². The zero-order valence-electron chi connectivity index (χ0n) is 11.7. The number of piperidine rings is 1. The molecule has 0 spiro atoms. The second-order valence-electron chi connectivity index (χ2n) is 5.10. The molecule has 19 heavy (non-hydrogen) atoms. The molecular formula is C15H22ClNO2. The van der Waals surface area contributed by atoms with Gasteiger partial charge in [-0.2, -0.15) is 0 Å². The Kier molecular flexibility index (Phi) is 5.49. The van der Waals surface area contributed by atoms with Crippen LogP contribution in [0, 0.1) is 5.92 Å². The van der Waals surface area contributed by atoms with Gasteiger partial charge >= 0.3 is 0 Å². The molecule has 1 fully saturated rings. The third kappa shape index (κ3) is 3.85. The molecule has 1 aromatic carbocycles. The van der Waals surface area contributed by atoms with Crippen molar-refractivity contribution in [1.82, 2.24) is 5.32 Å². The predicted molar refractivity (Wildman–Crippen MR) is 78.0 cm³/mol. The molecule has 4 heteroatoms. The number of benzene rings is 1. The summed E-state index contributed by atoms with van der Waals surface area (Å²) in [6.07, 6.45) is 3.59. The molecule has 3 nitrogen and oxygen atoms in total. The van der Waals surface area contributed by atoms with Crippen molar-refractivity contribution >= 4 is 11.6 Å². The largest absolute Gasteiger partial charge is 0.495 e. The number of methoxy groups -OCH3 is 2. The Morgan fingerprint density at radius 3 is 2.79 bits per heavy atom. The number of hydrogen-bond donors (Lipinski definition) is 1. The number of halogens is 1. The first kappa shape index (κ1) is 14.6. The summed E-state index contributed by atoms with van der Waals surface area (Å²) in [7, 11) is 3.36. The minimum absolute atomic E-state index is 0.600. The lowest BCUT2D eigenvalue weighted by molar-refractivity contribution is 0.183. The SMILES string of the molecule is COCc1cc(OC)c(Cl)cc1CC1CCCNC1. The van der Waals surface area contributed by atoms with Gasteiger partial charge in [-0.1, -0.05) is 11.6 Å². The summed E-state index contributed by atoms with van der Waals surface area (Å²) in [6.45, 7) is 2.84. The van der Waals surface area contributed by atoms with E-state index in [0.717, 1.165) is 25.3 Å². The van der Waals surface area contributed by atoms with Crippen LogP contribution in [0.25, 0.3) is 0 Å². The van der Waals surface area contributed by atoms with Gasteiger partial charge in [0, 0.05) is 7.11 Å². The molecule has 0 aromatic heterocycles. The lowest BCUT2D eigenvalue weighted by Crippen LogP contribution is -2.31. The maximum Gasteiger partial charge on any atom is 0.137 e. The molecule has 2 rings (SSSR count). The van der Waals surface area contributed by atoms with Crippen LogP contribution in [0.1, 0.15) is 24.0 Å². The Morgan fingerprint density at radius 2 is 2.16 bits per heavy atom. The average molecular weight is 284 g/mol. The number of nitrogens with one attached hydrogen (secondary N) is 1. The van der Waals surface area contributed by atoms with Gasteiger partial charge in [-0.05, 0) is 61.5 Å². The van der Waals surface area contributed by atoms with Gasteiger partial charge in [0.25, 0.3) is 0 Å². The molecule has 1 atom stereocenters. The summed E-state index contributed by atoms with van der Waals surface area (Å²) in [5.74, 6) is 1.41. The molecular weight excluding hydrogens is 262 g/mol. The van der Waals surface area contributed by atoms with Crippen LogP contribution in [-0.4, -0.2) is 27.3 Å². The number of ether oxygens (including phenoxy) is 2. The Labute approximate surface area is 120 Å². The van der Waals surface area contributed by atoms with E-state index in [2.05, 4.69) is 5.32 Å². The Balaban J connectivity index is 2.18. The first-order chi connectivity index (χ1) is 9.24. The van der Waals surface area contributed by atoms with E-state index in [1.807, 2.05) is 12.1 Å². The Bertz CT molecular complexity index is 417. The summed E-state index contributed by atoms with van der Waals surface area (Å²) in [5.41, 5.74) is 2.45. The van der Waals surface area contributed by atoms with E-state index < -0.39 is 0 Å². The average Bonchev–Trinajstić information content (AvgIpc) is 2.43. The molecule has 1 N–H and O–H groups in total. The number of rotatable bonds is 5. The van der Waals surface area contributed by atoms with Crippen LogP contribution >= 0.6 is 11.6 Å². The van der Waals surface area contributed by atoms with Crippen molar-refractivity contribution in [2.24, 2.45) is 5.92 Å². The van der Waals surface area contributed by atoms with Crippen molar-refractivity contribution in [1.29, 1.82) is 0 Å². The molecule has 1 aliphatic heterocycles. The highest BCUT2D eigenvalue weighted by molar-refractivity contribution is 6.32. The van der Waals surface area contributed by atoms with E-state index in [-0.39, 0.29) is 0 Å². The van der Waals surface area contributed by atoms with Crippen LogP contribution in [-0.2, 0) is 17.8 Å². The summed E-state index contributed by atoms with van der Waals surface area (Å²) >= 11 is 6.24. The molecule has 0 bridgehead atoms. The predicted octanol–water partition coefficient (Wildman–Crippen LogP) is 3.04. The maximum atomic E-state index is 6.24. The summed E-state index contributed by atoms with van der Waals surface area (Å²) < 4.78 is 10.6. The Hall–Kier alpha value is -0.770. The zero-order chi connectivity index (χ0) is 13.7. The normalized spacial score (nSPS) is 19.4. The summed E-state index contributed by atoms with van der Waals surface area (Å²) in [4.78, 5) is 0. The van der Waals surface area contributed by atoms with Gasteiger partial charge in [0.2, 0.25) is 0 Å². The Morgan fingerprint density at radius 1 is 1.32 bits per heavy atom. The van der Waals surface area contributed by atoms with Crippen molar-refractivity contribution < 1.29 is 9.47 Å². The van der Waals surface area contributed by atoms with Crippen molar-refractivity contribution in [3.05, 3.63) is 28.3 Å². The van der Waals surface area contributed by atoms with Gasteiger partial charge in [-0.3, -0.25) is 0 Å². The van der Waals surface area contributed by atoms with Gasteiger partial charge in [0.05, 0.1) is 18.7 Å². The zero-order valence-corrected chi connectivity index (χ0v) is 12.4. The van der Waals surface area contributed by atoms with E-state index in [1.54, 1.807) is 14.2 Å². The van der Waals surface area contributed by atoms with Crippen molar-refractivity contribution in [2.75, 3.05) is 27.3 Å². The molecule has 1 unspecified atom stereocenters. The van der Waals surface area contributed by atoms with Crippen molar-refractivity contribution in [3.63, 3.8) is 0 Å². The van der Waals surface area contributed by atoms with Crippen LogP contribution in [0.15, 0.2) is 12.1 Å². The molecule has 1 saturated heterocycles.